The molecule has 0 aromatic heterocycles. The minimum atomic E-state index is -1.44. The Morgan fingerprint density at radius 1 is 1.36 bits per heavy atom. The second-order valence-corrected chi connectivity index (χ2v) is 5.66. The van der Waals surface area contributed by atoms with E-state index in [4.69, 9.17) is 14.2 Å². The summed E-state index contributed by atoms with van der Waals surface area (Å²) in [4.78, 5) is 12.0. The van der Waals surface area contributed by atoms with Crippen molar-refractivity contribution in [3.8, 4) is 11.5 Å². The van der Waals surface area contributed by atoms with Gasteiger partial charge < -0.3 is 24.4 Å². The van der Waals surface area contributed by atoms with Crippen molar-refractivity contribution >= 4 is 5.97 Å². The minimum Gasteiger partial charge on any atom is -0.495 e. The van der Waals surface area contributed by atoms with Gasteiger partial charge in [0.2, 0.25) is 6.29 Å². The van der Waals surface area contributed by atoms with E-state index in [0.29, 0.717) is 22.6 Å². The summed E-state index contributed by atoms with van der Waals surface area (Å²) in [5.41, 5.74) is 2.12. The van der Waals surface area contributed by atoms with E-state index in [2.05, 4.69) is 6.58 Å². The molecule has 2 aliphatic heterocycles. The standard InChI is InChI=1S/C16H18O6/c1-6(2)8-5-21-14-7(3)13(20-4)11-9(10(14)12(8)17)15(18)22-16(11)19/h8,12,15,17-18H,1,5H2,2-4H3. The highest BCUT2D eigenvalue weighted by Crippen LogP contribution is 2.51. The molecule has 2 heterocycles. The molecule has 3 atom stereocenters. The zero-order valence-electron chi connectivity index (χ0n) is 12.7. The smallest absolute Gasteiger partial charge is 0.345 e. The Bertz CT molecular complexity index is 678. The Morgan fingerprint density at radius 3 is 2.64 bits per heavy atom. The number of rotatable bonds is 2. The number of hydrogen-bond acceptors (Lipinski definition) is 6. The maximum Gasteiger partial charge on any atom is 0.345 e. The van der Waals surface area contributed by atoms with Crippen LogP contribution in [0.3, 0.4) is 0 Å². The van der Waals surface area contributed by atoms with Gasteiger partial charge in [-0.3, -0.25) is 0 Å². The first-order valence-electron chi connectivity index (χ1n) is 6.98. The fraction of sp³-hybridized carbons (Fsp3) is 0.438. The van der Waals surface area contributed by atoms with E-state index >= 15 is 0 Å². The quantitative estimate of drug-likeness (QED) is 0.640. The van der Waals surface area contributed by atoms with Crippen molar-refractivity contribution in [2.75, 3.05) is 13.7 Å². The molecule has 3 unspecified atom stereocenters. The predicted molar refractivity (Wildman–Crippen MR) is 76.9 cm³/mol. The molecule has 22 heavy (non-hydrogen) atoms. The number of carbonyl (C=O) groups is 1. The van der Waals surface area contributed by atoms with E-state index in [-0.39, 0.29) is 23.7 Å². The van der Waals surface area contributed by atoms with Gasteiger partial charge in [0.15, 0.2) is 0 Å². The lowest BCUT2D eigenvalue weighted by Crippen LogP contribution is -2.29. The molecular formula is C16H18O6. The second kappa shape index (κ2) is 5.00. The first kappa shape index (κ1) is 14.9. The van der Waals surface area contributed by atoms with E-state index < -0.39 is 18.4 Å². The normalized spacial score (nSPS) is 25.9. The van der Waals surface area contributed by atoms with Crippen molar-refractivity contribution in [2.24, 2.45) is 5.92 Å². The second-order valence-electron chi connectivity index (χ2n) is 5.66. The summed E-state index contributed by atoms with van der Waals surface area (Å²) in [5, 5.41) is 20.8. The number of cyclic esters (lactones) is 1. The Morgan fingerprint density at radius 2 is 2.05 bits per heavy atom. The van der Waals surface area contributed by atoms with E-state index in [1.807, 2.05) is 0 Å². The van der Waals surface area contributed by atoms with Crippen molar-refractivity contribution < 1.29 is 29.2 Å². The molecule has 0 aliphatic carbocycles. The van der Waals surface area contributed by atoms with Gasteiger partial charge in [-0.05, 0) is 13.8 Å². The third-order valence-corrected chi connectivity index (χ3v) is 4.30. The molecule has 2 N–H and O–H groups in total. The molecule has 0 amide bonds. The summed E-state index contributed by atoms with van der Waals surface area (Å²) in [6.45, 7) is 7.68. The Labute approximate surface area is 127 Å². The number of hydrogen-bond donors (Lipinski definition) is 2. The number of ether oxygens (including phenoxy) is 3. The first-order chi connectivity index (χ1) is 10.4. The molecule has 1 aromatic rings. The Kier molecular flexibility index (Phi) is 3.38. The van der Waals surface area contributed by atoms with E-state index in [1.54, 1.807) is 13.8 Å². The molecule has 6 nitrogen and oxygen atoms in total. The number of methoxy groups -OCH3 is 1. The van der Waals surface area contributed by atoms with E-state index in [0.717, 1.165) is 5.57 Å². The van der Waals surface area contributed by atoms with Crippen LogP contribution in [0.5, 0.6) is 11.5 Å². The van der Waals surface area contributed by atoms with Gasteiger partial charge in [-0.2, -0.15) is 0 Å². The third-order valence-electron chi connectivity index (χ3n) is 4.30. The molecule has 0 saturated heterocycles. The molecule has 0 radical (unpaired) electrons. The third kappa shape index (κ3) is 1.84. The van der Waals surface area contributed by atoms with Crippen LogP contribution in [0.25, 0.3) is 0 Å². The van der Waals surface area contributed by atoms with Gasteiger partial charge in [0.1, 0.15) is 17.1 Å². The van der Waals surface area contributed by atoms with Gasteiger partial charge >= 0.3 is 5.97 Å². The van der Waals surface area contributed by atoms with Crippen LogP contribution in [0.15, 0.2) is 12.2 Å². The van der Waals surface area contributed by atoms with Crippen LogP contribution >= 0.6 is 0 Å². The van der Waals surface area contributed by atoms with Crippen LogP contribution in [0.2, 0.25) is 0 Å². The fourth-order valence-corrected chi connectivity index (χ4v) is 3.16. The lowest BCUT2D eigenvalue weighted by molar-refractivity contribution is -0.0571. The summed E-state index contributed by atoms with van der Waals surface area (Å²) in [5.74, 6) is -0.253. The van der Waals surface area contributed by atoms with E-state index in [9.17, 15) is 15.0 Å². The van der Waals surface area contributed by atoms with Crippen molar-refractivity contribution in [3.63, 3.8) is 0 Å². The van der Waals surface area contributed by atoms with Crippen molar-refractivity contribution in [3.05, 3.63) is 34.4 Å². The van der Waals surface area contributed by atoms with E-state index in [1.165, 1.54) is 7.11 Å². The SMILES string of the molecule is C=C(C)C1COc2c(C)c(OC)c3c(c2C1O)C(O)OC3=O. The van der Waals surface area contributed by atoms with Gasteiger partial charge in [0, 0.05) is 22.6 Å². The monoisotopic (exact) mass is 306 g/mol. The zero-order valence-corrected chi connectivity index (χ0v) is 12.7. The van der Waals surface area contributed by atoms with Gasteiger partial charge in [0.25, 0.3) is 0 Å². The number of aliphatic hydroxyl groups is 2. The molecule has 2 aliphatic rings. The highest BCUT2D eigenvalue weighted by Gasteiger charge is 2.44. The molecule has 0 bridgehead atoms. The van der Waals surface area contributed by atoms with Gasteiger partial charge in [-0.15, -0.1) is 0 Å². The molecule has 0 saturated carbocycles. The molecule has 0 fully saturated rings. The highest BCUT2D eigenvalue weighted by molar-refractivity contribution is 5.98. The molecule has 6 heteroatoms. The maximum absolute atomic E-state index is 12.0. The molecule has 0 spiro atoms. The van der Waals surface area contributed by atoms with Crippen molar-refractivity contribution in [2.45, 2.75) is 26.2 Å². The van der Waals surface area contributed by atoms with Gasteiger partial charge in [-0.1, -0.05) is 12.2 Å². The lowest BCUT2D eigenvalue weighted by atomic mass is 9.83. The largest absolute Gasteiger partial charge is 0.495 e. The summed E-state index contributed by atoms with van der Waals surface area (Å²) >= 11 is 0. The van der Waals surface area contributed by atoms with Gasteiger partial charge in [-0.25, -0.2) is 4.79 Å². The maximum atomic E-state index is 12.0. The number of aliphatic hydroxyl groups excluding tert-OH is 2. The Hall–Kier alpha value is -2.05. The van der Waals surface area contributed by atoms with Crippen LogP contribution in [-0.2, 0) is 4.74 Å². The van der Waals surface area contributed by atoms with Crippen LogP contribution in [-0.4, -0.2) is 29.9 Å². The lowest BCUT2D eigenvalue weighted by Gasteiger charge is -2.33. The number of benzene rings is 1. The zero-order chi connectivity index (χ0) is 16.2. The van der Waals surface area contributed by atoms with Crippen molar-refractivity contribution in [1.82, 2.24) is 0 Å². The summed E-state index contributed by atoms with van der Waals surface area (Å²) < 4.78 is 15.9. The Balaban J connectivity index is 2.31. The molecular weight excluding hydrogens is 288 g/mol. The van der Waals surface area contributed by atoms with Gasteiger partial charge in [0.05, 0.1) is 19.8 Å². The topological polar surface area (TPSA) is 85.2 Å². The number of carbonyl (C=O) groups excluding carboxylic acids is 1. The first-order valence-corrected chi connectivity index (χ1v) is 6.98. The van der Waals surface area contributed by atoms with Crippen LogP contribution in [0.4, 0.5) is 0 Å². The average Bonchev–Trinajstić information content (AvgIpc) is 2.74. The minimum absolute atomic E-state index is 0.149. The molecule has 118 valence electrons. The number of esters is 1. The van der Waals surface area contributed by atoms with Crippen LogP contribution in [0, 0.1) is 12.8 Å². The summed E-state index contributed by atoms with van der Waals surface area (Å²) in [6.07, 6.45) is -2.36. The predicted octanol–water partition coefficient (Wildman–Crippen LogP) is 1.78. The fourth-order valence-electron chi connectivity index (χ4n) is 3.16. The molecule has 3 rings (SSSR count). The van der Waals surface area contributed by atoms with Crippen molar-refractivity contribution in [1.29, 1.82) is 0 Å². The highest BCUT2D eigenvalue weighted by atomic mass is 16.6. The van der Waals surface area contributed by atoms with Crippen LogP contribution < -0.4 is 9.47 Å². The van der Waals surface area contributed by atoms with Crippen LogP contribution in [0.1, 0.15) is 46.4 Å². The summed E-state index contributed by atoms with van der Waals surface area (Å²) in [7, 11) is 1.43. The number of fused-ring (bicyclic) bond motifs is 3. The molecule has 1 aromatic carbocycles. The summed E-state index contributed by atoms with van der Waals surface area (Å²) in [6, 6.07) is 0. The average molecular weight is 306 g/mol.